The van der Waals surface area contributed by atoms with Gasteiger partial charge >= 0.3 is 0 Å². The van der Waals surface area contributed by atoms with Crippen LogP contribution in [0, 0.1) is 5.41 Å². The first-order valence-corrected chi connectivity index (χ1v) is 9.48. The van der Waals surface area contributed by atoms with Crippen molar-refractivity contribution in [2.24, 2.45) is 5.41 Å². The summed E-state index contributed by atoms with van der Waals surface area (Å²) in [6.07, 6.45) is 3.85. The highest BCUT2D eigenvalue weighted by molar-refractivity contribution is 8.00. The van der Waals surface area contributed by atoms with Crippen molar-refractivity contribution in [2.75, 3.05) is 31.9 Å². The molecule has 0 aromatic carbocycles. The lowest BCUT2D eigenvalue weighted by atomic mass is 9.81. The third-order valence-electron chi connectivity index (χ3n) is 4.73. The molecule has 1 rings (SSSR count). The topological polar surface area (TPSA) is 15.3 Å². The molecular weight excluding hydrogens is 264 g/mol. The molecule has 0 aromatic rings. The summed E-state index contributed by atoms with van der Waals surface area (Å²) in [4.78, 5) is 2.72. The zero-order chi connectivity index (χ0) is 15.2. The van der Waals surface area contributed by atoms with E-state index in [1.54, 1.807) is 0 Å². The largest absolute Gasteiger partial charge is 0.311 e. The maximum Gasteiger partial charge on any atom is 0.0172 e. The van der Waals surface area contributed by atoms with E-state index >= 15 is 0 Å². The van der Waals surface area contributed by atoms with Crippen molar-refractivity contribution in [3.63, 3.8) is 0 Å². The molecule has 1 fully saturated rings. The summed E-state index contributed by atoms with van der Waals surface area (Å²) in [5.41, 5.74) is 0.660. The number of hydrogen-bond donors (Lipinski definition) is 1. The molecule has 0 radical (unpaired) electrons. The fraction of sp³-hybridized carbons (Fsp3) is 1.00. The first-order valence-electron chi connectivity index (χ1n) is 8.43. The Morgan fingerprint density at radius 2 is 1.80 bits per heavy atom. The summed E-state index contributed by atoms with van der Waals surface area (Å²) in [6, 6.07) is 0. The Hall–Kier alpha value is 0.270. The number of nitrogens with zero attached hydrogens (tertiary/aromatic N) is 1. The highest BCUT2D eigenvalue weighted by atomic mass is 32.2. The average Bonchev–Trinajstić information content (AvgIpc) is 2.43. The maximum absolute atomic E-state index is 3.75. The molecule has 1 heterocycles. The molecule has 0 spiro atoms. The fourth-order valence-corrected chi connectivity index (χ4v) is 4.13. The van der Waals surface area contributed by atoms with E-state index in [0.717, 1.165) is 11.8 Å². The summed E-state index contributed by atoms with van der Waals surface area (Å²) in [5.74, 6) is 1.31. The predicted molar refractivity (Wildman–Crippen MR) is 93.7 cm³/mol. The minimum atomic E-state index is 0.222. The number of nitrogens with one attached hydrogen (secondary N) is 1. The average molecular weight is 301 g/mol. The fourth-order valence-electron chi connectivity index (χ4n) is 2.88. The molecule has 0 aliphatic carbocycles. The molecule has 1 unspecified atom stereocenters. The van der Waals surface area contributed by atoms with E-state index in [2.05, 4.69) is 63.5 Å². The molecule has 120 valence electrons. The Morgan fingerprint density at radius 1 is 1.15 bits per heavy atom. The van der Waals surface area contributed by atoms with Crippen molar-refractivity contribution >= 4 is 11.8 Å². The first-order chi connectivity index (χ1) is 9.34. The number of hydrogen-bond acceptors (Lipinski definition) is 3. The smallest absolute Gasteiger partial charge is 0.0172 e. The Balaban J connectivity index is 2.60. The van der Waals surface area contributed by atoms with Crippen LogP contribution >= 0.6 is 11.8 Å². The molecule has 0 aromatic heterocycles. The summed E-state index contributed by atoms with van der Waals surface area (Å²) < 4.78 is 0. The van der Waals surface area contributed by atoms with Crippen LogP contribution in [0.25, 0.3) is 0 Å². The third-order valence-corrected chi connectivity index (χ3v) is 6.10. The normalized spacial score (nSPS) is 22.2. The molecular formula is C17H36N2S. The summed E-state index contributed by atoms with van der Waals surface area (Å²) in [7, 11) is 0. The van der Waals surface area contributed by atoms with Gasteiger partial charge in [-0.05, 0) is 45.4 Å². The van der Waals surface area contributed by atoms with Crippen molar-refractivity contribution in [1.82, 2.24) is 10.2 Å². The van der Waals surface area contributed by atoms with Gasteiger partial charge in [-0.25, -0.2) is 0 Å². The second-order valence-corrected chi connectivity index (χ2v) is 8.86. The van der Waals surface area contributed by atoms with Crippen LogP contribution < -0.4 is 5.32 Å². The van der Waals surface area contributed by atoms with E-state index in [1.165, 1.54) is 44.6 Å². The van der Waals surface area contributed by atoms with Gasteiger partial charge in [-0.1, -0.05) is 20.8 Å². The third kappa shape index (κ3) is 5.95. The van der Waals surface area contributed by atoms with Crippen molar-refractivity contribution in [1.29, 1.82) is 0 Å². The molecule has 3 heteroatoms. The van der Waals surface area contributed by atoms with Gasteiger partial charge < -0.3 is 10.2 Å². The van der Waals surface area contributed by atoms with E-state index in [9.17, 15) is 0 Å². The minimum absolute atomic E-state index is 0.222. The molecule has 1 saturated heterocycles. The number of thioether (sulfide) groups is 1. The molecule has 1 N–H and O–H groups in total. The van der Waals surface area contributed by atoms with Gasteiger partial charge in [-0.3, -0.25) is 0 Å². The van der Waals surface area contributed by atoms with Gasteiger partial charge in [0.25, 0.3) is 0 Å². The highest BCUT2D eigenvalue weighted by Crippen LogP contribution is 2.30. The van der Waals surface area contributed by atoms with Crippen molar-refractivity contribution in [2.45, 2.75) is 71.6 Å². The van der Waals surface area contributed by atoms with Crippen LogP contribution in [0.3, 0.4) is 0 Å². The molecule has 0 bridgehead atoms. The standard InChI is InChI=1S/C17H36N2S/c1-7-15-12-19(10-11-20-15)14-17(8-2,9-3)13-18-16(4,5)6/h15,18H,7-14H2,1-6H3. The van der Waals surface area contributed by atoms with Crippen LogP contribution in [-0.4, -0.2) is 47.6 Å². The van der Waals surface area contributed by atoms with Gasteiger partial charge in [0.1, 0.15) is 0 Å². The van der Waals surface area contributed by atoms with E-state index < -0.39 is 0 Å². The highest BCUT2D eigenvalue weighted by Gasteiger charge is 2.31. The van der Waals surface area contributed by atoms with Crippen LogP contribution in [0.15, 0.2) is 0 Å². The minimum Gasteiger partial charge on any atom is -0.311 e. The van der Waals surface area contributed by atoms with Gasteiger partial charge in [0.15, 0.2) is 0 Å². The van der Waals surface area contributed by atoms with E-state index in [0.29, 0.717) is 5.41 Å². The van der Waals surface area contributed by atoms with Gasteiger partial charge in [0.2, 0.25) is 0 Å². The van der Waals surface area contributed by atoms with Gasteiger partial charge in [-0.2, -0.15) is 11.8 Å². The van der Waals surface area contributed by atoms with Crippen LogP contribution in [0.4, 0.5) is 0 Å². The molecule has 1 aliphatic heterocycles. The van der Waals surface area contributed by atoms with Crippen LogP contribution in [0.2, 0.25) is 0 Å². The number of rotatable bonds is 7. The lowest BCUT2D eigenvalue weighted by Gasteiger charge is -2.42. The van der Waals surface area contributed by atoms with E-state index in [-0.39, 0.29) is 5.54 Å². The molecule has 0 amide bonds. The van der Waals surface area contributed by atoms with Crippen LogP contribution in [0.1, 0.15) is 60.8 Å². The summed E-state index contributed by atoms with van der Waals surface area (Å²) >= 11 is 2.17. The van der Waals surface area contributed by atoms with Gasteiger partial charge in [0, 0.05) is 42.7 Å². The van der Waals surface area contributed by atoms with Crippen LogP contribution in [0.5, 0.6) is 0 Å². The quantitative estimate of drug-likeness (QED) is 0.765. The predicted octanol–water partition coefficient (Wildman–Crippen LogP) is 4.01. The van der Waals surface area contributed by atoms with E-state index in [4.69, 9.17) is 0 Å². The second-order valence-electron chi connectivity index (χ2n) is 7.45. The second kappa shape index (κ2) is 8.05. The summed E-state index contributed by atoms with van der Waals surface area (Å²) in [5, 5.41) is 4.60. The van der Waals surface area contributed by atoms with Crippen molar-refractivity contribution in [3.05, 3.63) is 0 Å². The van der Waals surface area contributed by atoms with Gasteiger partial charge in [0.05, 0.1) is 0 Å². The molecule has 1 aliphatic rings. The lowest BCUT2D eigenvalue weighted by molar-refractivity contribution is 0.128. The first kappa shape index (κ1) is 18.3. The SMILES string of the molecule is CCC1CN(CC(CC)(CC)CNC(C)(C)C)CCS1. The van der Waals surface area contributed by atoms with Crippen molar-refractivity contribution < 1.29 is 0 Å². The molecule has 2 nitrogen and oxygen atoms in total. The van der Waals surface area contributed by atoms with Crippen LogP contribution in [-0.2, 0) is 0 Å². The zero-order valence-corrected chi connectivity index (χ0v) is 15.4. The lowest BCUT2D eigenvalue weighted by Crippen LogP contribution is -2.50. The molecule has 1 atom stereocenters. The maximum atomic E-state index is 3.75. The van der Waals surface area contributed by atoms with Gasteiger partial charge in [-0.15, -0.1) is 0 Å². The van der Waals surface area contributed by atoms with E-state index in [1.807, 2.05) is 0 Å². The zero-order valence-electron chi connectivity index (χ0n) is 14.6. The Kier molecular flexibility index (Phi) is 7.37. The Morgan fingerprint density at radius 3 is 2.30 bits per heavy atom. The summed E-state index contributed by atoms with van der Waals surface area (Å²) in [6.45, 7) is 18.8. The molecule has 0 saturated carbocycles. The Bertz CT molecular complexity index is 269. The van der Waals surface area contributed by atoms with Crippen molar-refractivity contribution in [3.8, 4) is 0 Å². The Labute approximate surface area is 131 Å². The molecule has 20 heavy (non-hydrogen) atoms. The monoisotopic (exact) mass is 300 g/mol.